The summed E-state index contributed by atoms with van der Waals surface area (Å²) in [6.07, 6.45) is 0. The molecule has 2 heteroatoms. The monoisotopic (exact) mass is 235 g/mol. The molecule has 0 bridgehead atoms. The fourth-order valence-electron chi connectivity index (χ4n) is 2.90. The van der Waals surface area contributed by atoms with Gasteiger partial charge in [0.2, 0.25) is 0 Å². The van der Waals surface area contributed by atoms with Crippen molar-refractivity contribution in [3.63, 3.8) is 0 Å². The van der Waals surface area contributed by atoms with Crippen molar-refractivity contribution >= 4 is 0 Å². The van der Waals surface area contributed by atoms with Gasteiger partial charge in [0.15, 0.2) is 0 Å². The van der Waals surface area contributed by atoms with Crippen LogP contribution in [-0.2, 0) is 10.8 Å². The zero-order valence-corrected chi connectivity index (χ0v) is 12.4. The summed E-state index contributed by atoms with van der Waals surface area (Å²) >= 11 is 0. The van der Waals surface area contributed by atoms with E-state index in [1.54, 1.807) is 0 Å². The summed E-state index contributed by atoms with van der Waals surface area (Å²) in [6.45, 7) is 16.9. The molecule has 0 atom stereocenters. The smallest absolute Gasteiger partial charge is 0.252 e. The molecule has 0 radical (unpaired) electrons. The van der Waals surface area contributed by atoms with Crippen molar-refractivity contribution in [3.8, 4) is 0 Å². The predicted molar refractivity (Wildman–Crippen MR) is 73.9 cm³/mol. The number of pyridine rings is 1. The Bertz CT molecular complexity index is 481. The lowest BCUT2D eigenvalue weighted by atomic mass is 9.77. The van der Waals surface area contributed by atoms with Crippen molar-refractivity contribution in [1.29, 1.82) is 0 Å². The van der Waals surface area contributed by atoms with E-state index in [-0.39, 0.29) is 16.4 Å². The number of aromatic nitrogens is 1. The van der Waals surface area contributed by atoms with Crippen molar-refractivity contribution in [3.05, 3.63) is 32.7 Å². The van der Waals surface area contributed by atoms with Gasteiger partial charge in [-0.2, -0.15) is 0 Å². The Kier molecular flexibility index (Phi) is 3.30. The highest BCUT2D eigenvalue weighted by Crippen LogP contribution is 2.32. The molecule has 17 heavy (non-hydrogen) atoms. The molecule has 0 aromatic carbocycles. The molecule has 0 aliphatic heterocycles. The predicted octanol–water partition coefficient (Wildman–Crippen LogP) is 3.59. The van der Waals surface area contributed by atoms with Crippen LogP contribution in [0.4, 0.5) is 0 Å². The second-order valence-corrected chi connectivity index (χ2v) is 6.95. The first-order valence-electron chi connectivity index (χ1n) is 6.20. The van der Waals surface area contributed by atoms with Gasteiger partial charge in [-0.15, -0.1) is 0 Å². The minimum absolute atomic E-state index is 0.0539. The van der Waals surface area contributed by atoms with Crippen LogP contribution in [0, 0.1) is 13.8 Å². The van der Waals surface area contributed by atoms with Gasteiger partial charge in [0.05, 0.1) is 0 Å². The molecule has 0 saturated carbocycles. The van der Waals surface area contributed by atoms with E-state index in [9.17, 15) is 4.79 Å². The van der Waals surface area contributed by atoms with Crippen LogP contribution in [0.2, 0.25) is 0 Å². The summed E-state index contributed by atoms with van der Waals surface area (Å²) in [4.78, 5) is 15.1. The molecule has 0 aliphatic rings. The Morgan fingerprint density at radius 3 is 1.59 bits per heavy atom. The summed E-state index contributed by atoms with van der Waals surface area (Å²) < 4.78 is 0. The van der Waals surface area contributed by atoms with E-state index >= 15 is 0 Å². The van der Waals surface area contributed by atoms with Crippen LogP contribution in [-0.4, -0.2) is 4.98 Å². The quantitative estimate of drug-likeness (QED) is 0.732. The van der Waals surface area contributed by atoms with E-state index in [1.807, 2.05) is 6.92 Å². The van der Waals surface area contributed by atoms with E-state index in [1.165, 1.54) is 5.56 Å². The Balaban J connectivity index is 3.74. The standard InChI is InChI=1S/C15H25NO/c1-9-11(14(3,4)5)10(2)16-13(17)12(9)15(6,7)8/h1-8H3,(H,16,17). The van der Waals surface area contributed by atoms with Gasteiger partial charge >= 0.3 is 0 Å². The molecule has 1 N–H and O–H groups in total. The first-order valence-corrected chi connectivity index (χ1v) is 6.20. The number of rotatable bonds is 0. The molecule has 2 nitrogen and oxygen atoms in total. The van der Waals surface area contributed by atoms with Crippen molar-refractivity contribution in [2.24, 2.45) is 0 Å². The van der Waals surface area contributed by atoms with Gasteiger partial charge in [-0.3, -0.25) is 4.79 Å². The van der Waals surface area contributed by atoms with Crippen LogP contribution in [0.3, 0.4) is 0 Å². The topological polar surface area (TPSA) is 32.9 Å². The van der Waals surface area contributed by atoms with Crippen molar-refractivity contribution < 1.29 is 0 Å². The van der Waals surface area contributed by atoms with Gasteiger partial charge in [0.25, 0.3) is 5.56 Å². The Morgan fingerprint density at radius 2 is 1.24 bits per heavy atom. The van der Waals surface area contributed by atoms with Crippen LogP contribution in [0.5, 0.6) is 0 Å². The minimum atomic E-state index is -0.120. The zero-order valence-electron chi connectivity index (χ0n) is 12.4. The van der Waals surface area contributed by atoms with Crippen molar-refractivity contribution in [1.82, 2.24) is 4.98 Å². The highest BCUT2D eigenvalue weighted by Gasteiger charge is 2.27. The molecule has 1 rings (SSSR count). The summed E-state index contributed by atoms with van der Waals surface area (Å²) in [7, 11) is 0. The third-order valence-electron chi connectivity index (χ3n) is 3.15. The van der Waals surface area contributed by atoms with Gasteiger partial charge in [-0.05, 0) is 35.8 Å². The lowest BCUT2D eigenvalue weighted by Gasteiger charge is -2.29. The highest BCUT2D eigenvalue weighted by atomic mass is 16.1. The third kappa shape index (κ3) is 2.62. The zero-order chi connectivity index (χ0) is 13.6. The summed E-state index contributed by atoms with van der Waals surface area (Å²) in [5.41, 5.74) is 4.30. The number of aromatic amines is 1. The van der Waals surface area contributed by atoms with Crippen LogP contribution < -0.4 is 5.56 Å². The molecular weight excluding hydrogens is 210 g/mol. The van der Waals surface area contributed by atoms with Crippen molar-refractivity contribution in [2.45, 2.75) is 66.2 Å². The van der Waals surface area contributed by atoms with Crippen LogP contribution in [0.1, 0.15) is 63.9 Å². The molecule has 0 unspecified atom stereocenters. The minimum Gasteiger partial charge on any atom is -0.326 e. The van der Waals surface area contributed by atoms with Crippen LogP contribution >= 0.6 is 0 Å². The highest BCUT2D eigenvalue weighted by molar-refractivity contribution is 5.42. The maximum absolute atomic E-state index is 12.1. The van der Waals surface area contributed by atoms with Crippen molar-refractivity contribution in [2.75, 3.05) is 0 Å². The lowest BCUT2D eigenvalue weighted by Crippen LogP contribution is -2.30. The molecular formula is C15H25NO. The number of nitrogens with one attached hydrogen (secondary N) is 1. The van der Waals surface area contributed by atoms with Gasteiger partial charge in [-0.1, -0.05) is 41.5 Å². The average Bonchev–Trinajstić information content (AvgIpc) is 1.94. The SMILES string of the molecule is Cc1[nH]c(=O)c(C(C)(C)C)c(C)c1C(C)(C)C. The average molecular weight is 235 g/mol. The number of hydrogen-bond acceptors (Lipinski definition) is 1. The van der Waals surface area contributed by atoms with Gasteiger partial charge < -0.3 is 4.98 Å². The molecule has 0 saturated heterocycles. The number of hydrogen-bond donors (Lipinski definition) is 1. The molecule has 96 valence electrons. The molecule has 0 amide bonds. The van der Waals surface area contributed by atoms with E-state index in [0.29, 0.717) is 0 Å². The van der Waals surface area contributed by atoms with Crippen LogP contribution in [0.15, 0.2) is 4.79 Å². The first kappa shape index (κ1) is 14.0. The summed E-state index contributed by atoms with van der Waals surface area (Å²) in [5, 5.41) is 0. The number of aryl methyl sites for hydroxylation is 1. The summed E-state index contributed by atoms with van der Waals surface area (Å²) in [5.74, 6) is 0. The number of H-pyrrole nitrogens is 1. The fraction of sp³-hybridized carbons (Fsp3) is 0.667. The third-order valence-corrected chi connectivity index (χ3v) is 3.15. The normalized spacial score (nSPS) is 12.9. The largest absolute Gasteiger partial charge is 0.326 e. The van der Waals surface area contributed by atoms with E-state index in [4.69, 9.17) is 0 Å². The molecule has 0 aliphatic carbocycles. The van der Waals surface area contributed by atoms with Gasteiger partial charge in [0.1, 0.15) is 0 Å². The van der Waals surface area contributed by atoms with E-state index < -0.39 is 0 Å². The Hall–Kier alpha value is -1.05. The Labute approximate surface area is 104 Å². The molecule has 1 aromatic heterocycles. The lowest BCUT2D eigenvalue weighted by molar-refractivity contribution is 0.547. The fourth-order valence-corrected chi connectivity index (χ4v) is 2.90. The molecule has 1 aromatic rings. The van der Waals surface area contributed by atoms with E-state index in [2.05, 4.69) is 53.5 Å². The second-order valence-electron chi connectivity index (χ2n) is 6.95. The summed E-state index contributed by atoms with van der Waals surface area (Å²) in [6, 6.07) is 0. The van der Waals surface area contributed by atoms with Gasteiger partial charge in [-0.25, -0.2) is 0 Å². The molecule has 0 spiro atoms. The second kappa shape index (κ2) is 4.01. The first-order chi connectivity index (χ1) is 7.46. The van der Waals surface area contributed by atoms with E-state index in [0.717, 1.165) is 16.8 Å². The maximum Gasteiger partial charge on any atom is 0.252 e. The van der Waals surface area contributed by atoms with Gasteiger partial charge in [0, 0.05) is 11.3 Å². The molecule has 1 heterocycles. The maximum atomic E-state index is 12.1. The van der Waals surface area contributed by atoms with Crippen LogP contribution in [0.25, 0.3) is 0 Å². The Morgan fingerprint density at radius 1 is 0.824 bits per heavy atom. The molecule has 0 fully saturated rings.